The van der Waals surface area contributed by atoms with Crippen molar-refractivity contribution in [3.8, 4) is 0 Å². The maximum atomic E-state index is 13.5. The molecule has 0 bridgehead atoms. The zero-order valence-corrected chi connectivity index (χ0v) is 12.6. The Balaban J connectivity index is 3.38. The average molecular weight is 440 g/mol. The molecule has 1 N–H and O–H groups in total. The Labute approximate surface area is 145 Å². The number of hydrogen-bond donors (Lipinski definition) is 1. The molecule has 0 saturated heterocycles. The number of carbonyl (C=O) groups excluding carboxylic acids is 1. The molecule has 1 heterocycles. The summed E-state index contributed by atoms with van der Waals surface area (Å²) >= 11 is 0. The van der Waals surface area contributed by atoms with Crippen LogP contribution in [-0.4, -0.2) is 46.7 Å². The van der Waals surface area contributed by atoms with Crippen molar-refractivity contribution in [1.82, 2.24) is 4.98 Å². The summed E-state index contributed by atoms with van der Waals surface area (Å²) in [7, 11) is 0. The van der Waals surface area contributed by atoms with Gasteiger partial charge in [0.25, 0.3) is 0 Å². The van der Waals surface area contributed by atoms with Gasteiger partial charge in [-0.25, -0.2) is 4.98 Å². The summed E-state index contributed by atoms with van der Waals surface area (Å²) in [4.78, 5) is 14.2. The number of halogens is 13. The van der Waals surface area contributed by atoms with Gasteiger partial charge in [0.05, 0.1) is 0 Å². The van der Waals surface area contributed by atoms with E-state index in [1.807, 2.05) is 0 Å². The molecule has 0 aliphatic rings. The van der Waals surface area contributed by atoms with E-state index in [0.29, 0.717) is 6.07 Å². The molecule has 1 aromatic heterocycles. The summed E-state index contributed by atoms with van der Waals surface area (Å²) in [5.41, 5.74) is 0. The van der Waals surface area contributed by atoms with Crippen molar-refractivity contribution in [2.45, 2.75) is 35.8 Å². The number of nitrogens with zero attached hydrogens (tertiary/aromatic N) is 1. The van der Waals surface area contributed by atoms with Crippen molar-refractivity contribution in [2.24, 2.45) is 0 Å². The van der Waals surface area contributed by atoms with Crippen LogP contribution in [0.25, 0.3) is 0 Å². The number of amides is 1. The second kappa shape index (κ2) is 6.65. The number of pyridine rings is 1. The molecule has 0 aliphatic carbocycles. The van der Waals surface area contributed by atoms with E-state index in [1.165, 1.54) is 0 Å². The van der Waals surface area contributed by atoms with E-state index in [1.54, 1.807) is 0 Å². The number of nitrogens with one attached hydrogen (secondary N) is 1. The highest BCUT2D eigenvalue weighted by molar-refractivity contribution is 5.96. The first-order chi connectivity index (χ1) is 12.2. The molecule has 16 heteroatoms. The summed E-state index contributed by atoms with van der Waals surface area (Å²) in [5.74, 6) is -42.9. The minimum Gasteiger partial charge on any atom is -0.305 e. The minimum atomic E-state index is -8.06. The number of alkyl halides is 13. The first-order valence-electron chi connectivity index (χ1n) is 6.43. The predicted molar refractivity (Wildman–Crippen MR) is 63.7 cm³/mol. The Hall–Kier alpha value is -2.29. The summed E-state index contributed by atoms with van der Waals surface area (Å²) in [6.45, 7) is 0. The molecule has 28 heavy (non-hydrogen) atoms. The second-order valence-electron chi connectivity index (χ2n) is 5.04. The predicted octanol–water partition coefficient (Wildman–Crippen LogP) is 4.76. The summed E-state index contributed by atoms with van der Waals surface area (Å²) < 4.78 is 167. The SMILES string of the molecule is O=C(Nc1ccccn1)C(F)(F)C(F)(F)C(F)(F)C(F)(F)C(F)(F)C(F)(F)F. The van der Waals surface area contributed by atoms with Gasteiger partial charge in [-0.3, -0.25) is 4.79 Å². The van der Waals surface area contributed by atoms with E-state index in [4.69, 9.17) is 0 Å². The van der Waals surface area contributed by atoms with Crippen molar-refractivity contribution < 1.29 is 61.9 Å². The van der Waals surface area contributed by atoms with E-state index in [9.17, 15) is 61.9 Å². The lowest BCUT2D eigenvalue weighted by molar-refractivity contribution is -0.435. The third kappa shape index (κ3) is 3.32. The molecule has 1 amide bonds. The molecule has 1 rings (SSSR count). The monoisotopic (exact) mass is 440 g/mol. The summed E-state index contributed by atoms with van der Waals surface area (Å²) in [5, 5.41) is 0.813. The van der Waals surface area contributed by atoms with Crippen molar-refractivity contribution in [1.29, 1.82) is 0 Å². The van der Waals surface area contributed by atoms with Crippen LogP contribution >= 0.6 is 0 Å². The number of aromatic nitrogens is 1. The van der Waals surface area contributed by atoms with Gasteiger partial charge in [0.1, 0.15) is 5.82 Å². The van der Waals surface area contributed by atoms with Gasteiger partial charge in [0, 0.05) is 6.20 Å². The molecule has 0 atom stereocenters. The third-order valence-corrected chi connectivity index (χ3v) is 3.13. The van der Waals surface area contributed by atoms with Gasteiger partial charge >= 0.3 is 41.7 Å². The highest BCUT2D eigenvalue weighted by atomic mass is 19.4. The maximum Gasteiger partial charge on any atom is 0.460 e. The molecular formula is C12H5F13N2O. The topological polar surface area (TPSA) is 42.0 Å². The van der Waals surface area contributed by atoms with Gasteiger partial charge in [-0.15, -0.1) is 0 Å². The normalized spacial score (nSPS) is 14.8. The zero-order valence-electron chi connectivity index (χ0n) is 12.6. The highest BCUT2D eigenvalue weighted by Gasteiger charge is 2.91. The standard InChI is InChI=1S/C12H5F13N2O/c13-7(14,6(28)27-5-3-1-2-4-26-5)8(15,16)9(17,18)10(19,20)11(21,22)12(23,24)25/h1-4H,(H,26,27,28). The third-order valence-electron chi connectivity index (χ3n) is 3.13. The van der Waals surface area contributed by atoms with Crippen LogP contribution in [-0.2, 0) is 4.79 Å². The summed E-state index contributed by atoms with van der Waals surface area (Å²) in [6, 6.07) is 2.72. The Morgan fingerprint density at radius 1 is 0.714 bits per heavy atom. The van der Waals surface area contributed by atoms with Crippen LogP contribution in [0, 0.1) is 0 Å². The van der Waals surface area contributed by atoms with Crippen molar-refractivity contribution in [3.05, 3.63) is 24.4 Å². The maximum absolute atomic E-state index is 13.5. The number of rotatable bonds is 6. The quantitative estimate of drug-likeness (QED) is 0.649. The largest absolute Gasteiger partial charge is 0.460 e. The Kier molecular flexibility index (Phi) is 5.64. The van der Waals surface area contributed by atoms with E-state index >= 15 is 0 Å². The lowest BCUT2D eigenvalue weighted by Gasteiger charge is -2.39. The van der Waals surface area contributed by atoms with Crippen LogP contribution in [0.4, 0.5) is 62.9 Å². The molecule has 0 aliphatic heterocycles. The van der Waals surface area contributed by atoms with E-state index in [2.05, 4.69) is 4.98 Å². The molecule has 0 spiro atoms. The molecule has 3 nitrogen and oxygen atoms in total. The van der Waals surface area contributed by atoms with Crippen molar-refractivity contribution in [3.63, 3.8) is 0 Å². The minimum absolute atomic E-state index is 0.649. The Morgan fingerprint density at radius 2 is 1.18 bits per heavy atom. The molecule has 0 unspecified atom stereocenters. The Bertz CT molecular complexity index is 714. The summed E-state index contributed by atoms with van der Waals surface area (Å²) in [6.07, 6.45) is -6.74. The van der Waals surface area contributed by atoms with Gasteiger partial charge in [-0.1, -0.05) is 6.07 Å². The molecular weight excluding hydrogens is 435 g/mol. The van der Waals surface area contributed by atoms with Gasteiger partial charge < -0.3 is 5.32 Å². The van der Waals surface area contributed by atoms with Gasteiger partial charge in [-0.05, 0) is 12.1 Å². The molecule has 0 saturated carbocycles. The number of hydrogen-bond acceptors (Lipinski definition) is 2. The van der Waals surface area contributed by atoms with E-state index in [0.717, 1.165) is 23.6 Å². The van der Waals surface area contributed by atoms with Crippen LogP contribution in [0.3, 0.4) is 0 Å². The fourth-order valence-electron chi connectivity index (χ4n) is 1.54. The van der Waals surface area contributed by atoms with Gasteiger partial charge in [0.15, 0.2) is 0 Å². The lowest BCUT2D eigenvalue weighted by Crippen LogP contribution is -2.71. The second-order valence-corrected chi connectivity index (χ2v) is 5.04. The molecule has 0 radical (unpaired) electrons. The number of anilines is 1. The highest BCUT2D eigenvalue weighted by Crippen LogP contribution is 2.60. The van der Waals surface area contributed by atoms with Crippen molar-refractivity contribution in [2.75, 3.05) is 5.32 Å². The Morgan fingerprint density at radius 3 is 1.57 bits per heavy atom. The number of carbonyl (C=O) groups is 1. The molecule has 0 aromatic carbocycles. The van der Waals surface area contributed by atoms with E-state index < -0.39 is 47.5 Å². The fourth-order valence-corrected chi connectivity index (χ4v) is 1.54. The van der Waals surface area contributed by atoms with Gasteiger partial charge in [-0.2, -0.15) is 57.1 Å². The van der Waals surface area contributed by atoms with Gasteiger partial charge in [0.2, 0.25) is 0 Å². The first-order valence-corrected chi connectivity index (χ1v) is 6.43. The zero-order chi connectivity index (χ0) is 22.4. The van der Waals surface area contributed by atoms with Crippen LogP contribution < -0.4 is 5.32 Å². The van der Waals surface area contributed by atoms with Crippen molar-refractivity contribution >= 4 is 11.7 Å². The van der Waals surface area contributed by atoms with Crippen LogP contribution in [0.5, 0.6) is 0 Å². The lowest BCUT2D eigenvalue weighted by atomic mass is 9.93. The van der Waals surface area contributed by atoms with Crippen LogP contribution in [0.1, 0.15) is 0 Å². The van der Waals surface area contributed by atoms with E-state index in [-0.39, 0.29) is 0 Å². The molecule has 1 aromatic rings. The smallest absolute Gasteiger partial charge is 0.305 e. The van der Waals surface area contributed by atoms with Crippen LogP contribution in [0.2, 0.25) is 0 Å². The van der Waals surface area contributed by atoms with Crippen LogP contribution in [0.15, 0.2) is 24.4 Å². The molecule has 160 valence electrons. The fraction of sp³-hybridized carbons (Fsp3) is 0.500. The first kappa shape index (κ1) is 23.7. The molecule has 0 fully saturated rings. The average Bonchev–Trinajstić information content (AvgIpc) is 2.53.